The van der Waals surface area contributed by atoms with E-state index in [2.05, 4.69) is 4.99 Å². The summed E-state index contributed by atoms with van der Waals surface area (Å²) >= 11 is 0. The van der Waals surface area contributed by atoms with Crippen LogP contribution in [0.25, 0.3) is 0 Å². The van der Waals surface area contributed by atoms with Crippen molar-refractivity contribution in [3.05, 3.63) is 24.3 Å². The largest absolute Gasteiger partial charge is 0.460 e. The molecule has 0 aliphatic rings. The maximum Gasteiger partial charge on any atom is 0.460 e. The second kappa shape index (κ2) is 5.57. The van der Waals surface area contributed by atoms with E-state index in [1.807, 2.05) is 0 Å². The van der Waals surface area contributed by atoms with E-state index in [1.165, 1.54) is 0 Å². The molecule has 0 unspecified atom stereocenters. The van der Waals surface area contributed by atoms with Gasteiger partial charge in [-0.15, -0.1) is 0 Å². The molecule has 0 atom stereocenters. The quantitative estimate of drug-likeness (QED) is 0.474. The topological polar surface area (TPSA) is 38.4 Å². The summed E-state index contributed by atoms with van der Waals surface area (Å²) in [4.78, 5) is 2.23. The minimum atomic E-state index is -6.97. The molecule has 0 bridgehead atoms. The van der Waals surface area contributed by atoms with Crippen molar-refractivity contribution in [2.45, 2.75) is 24.2 Å². The Bertz CT molecular complexity index is 582. The first-order valence-electron chi connectivity index (χ1n) is 5.45. The molecule has 0 saturated heterocycles. The van der Waals surface area contributed by atoms with E-state index in [1.54, 1.807) is 0 Å². The fourth-order valence-corrected chi connectivity index (χ4v) is 1.32. The van der Waals surface area contributed by atoms with Gasteiger partial charge in [0.2, 0.25) is 0 Å². The predicted octanol–water partition coefficient (Wildman–Crippen LogP) is 4.74. The number of rotatable bonds is 3. The number of halogens is 10. The monoisotopic (exact) mass is 356 g/mol. The molecule has 0 fully saturated rings. The van der Waals surface area contributed by atoms with Gasteiger partial charge < -0.3 is 5.73 Å². The number of nitrogen functional groups attached to an aromatic ring is 1. The number of nitrogens with zero attached hydrogens (tertiary/aromatic N) is 1. The van der Waals surface area contributed by atoms with Crippen LogP contribution in [-0.2, 0) is 0 Å². The van der Waals surface area contributed by atoms with Crippen LogP contribution in [0.2, 0.25) is 0 Å². The number of anilines is 1. The van der Waals surface area contributed by atoms with Gasteiger partial charge in [-0.3, -0.25) is 0 Å². The average molecular weight is 356 g/mol. The zero-order valence-electron chi connectivity index (χ0n) is 10.6. The summed E-state index contributed by atoms with van der Waals surface area (Å²) in [6.07, 6.45) is -13.1. The molecule has 0 aliphatic carbocycles. The standard InChI is InChI=1S/C11H6F10N2/c12-8(13,10(17,18)11(19,20)21)7(9(14,15)16)23-6-3-1-5(22)2-4-6/h1-4H,22H2/b23-7-. The number of aliphatic imine (C=N–C) groups is 1. The van der Waals surface area contributed by atoms with E-state index in [4.69, 9.17) is 5.73 Å². The molecule has 0 spiro atoms. The minimum Gasteiger partial charge on any atom is -0.399 e. The maximum atomic E-state index is 13.3. The SMILES string of the molecule is Nc1ccc(/N=C(\C(F)(F)F)C(F)(F)C(F)(F)C(F)(F)F)cc1. The predicted molar refractivity (Wildman–Crippen MR) is 60.0 cm³/mol. The van der Waals surface area contributed by atoms with Gasteiger partial charge in [-0.1, -0.05) is 0 Å². The van der Waals surface area contributed by atoms with Crippen molar-refractivity contribution >= 4 is 17.1 Å². The Hall–Kier alpha value is -2.01. The lowest BCUT2D eigenvalue weighted by molar-refractivity contribution is -0.339. The maximum absolute atomic E-state index is 13.3. The molecule has 130 valence electrons. The molecule has 0 aliphatic heterocycles. The van der Waals surface area contributed by atoms with E-state index in [0.717, 1.165) is 12.1 Å². The molecule has 0 aromatic heterocycles. The van der Waals surface area contributed by atoms with Crippen LogP contribution < -0.4 is 5.73 Å². The lowest BCUT2D eigenvalue weighted by Gasteiger charge is -2.29. The molecule has 2 nitrogen and oxygen atoms in total. The molecule has 0 amide bonds. The van der Waals surface area contributed by atoms with Gasteiger partial charge in [0, 0.05) is 5.69 Å². The smallest absolute Gasteiger partial charge is 0.399 e. The third-order valence-electron chi connectivity index (χ3n) is 2.45. The van der Waals surface area contributed by atoms with Crippen LogP contribution in [0.3, 0.4) is 0 Å². The Morgan fingerprint density at radius 3 is 1.57 bits per heavy atom. The molecular weight excluding hydrogens is 350 g/mol. The zero-order valence-corrected chi connectivity index (χ0v) is 10.6. The van der Waals surface area contributed by atoms with Gasteiger partial charge in [0.05, 0.1) is 5.69 Å². The van der Waals surface area contributed by atoms with Crippen molar-refractivity contribution in [1.29, 1.82) is 0 Å². The third kappa shape index (κ3) is 3.67. The van der Waals surface area contributed by atoms with Crippen LogP contribution >= 0.6 is 0 Å². The summed E-state index contributed by atoms with van der Waals surface area (Å²) in [5.41, 5.74) is 0.646. The van der Waals surface area contributed by atoms with Gasteiger partial charge >= 0.3 is 24.2 Å². The van der Waals surface area contributed by atoms with Gasteiger partial charge in [-0.25, -0.2) is 4.99 Å². The summed E-state index contributed by atoms with van der Waals surface area (Å²) in [5.74, 6) is -13.6. The first-order valence-corrected chi connectivity index (χ1v) is 5.45. The number of hydrogen-bond acceptors (Lipinski definition) is 2. The summed E-state index contributed by atoms with van der Waals surface area (Å²) in [7, 11) is 0. The second-order valence-electron chi connectivity index (χ2n) is 4.20. The van der Waals surface area contributed by atoms with Crippen LogP contribution in [0, 0.1) is 0 Å². The van der Waals surface area contributed by atoms with Crippen LogP contribution in [0.1, 0.15) is 0 Å². The van der Waals surface area contributed by atoms with Crippen LogP contribution in [0.4, 0.5) is 55.3 Å². The van der Waals surface area contributed by atoms with Crippen molar-refractivity contribution in [3.63, 3.8) is 0 Å². The van der Waals surface area contributed by atoms with E-state index >= 15 is 0 Å². The fraction of sp³-hybridized carbons (Fsp3) is 0.364. The summed E-state index contributed by atoms with van der Waals surface area (Å²) < 4.78 is 126. The van der Waals surface area contributed by atoms with Crippen LogP contribution in [0.5, 0.6) is 0 Å². The first-order chi connectivity index (χ1) is 10.1. The number of hydrogen-bond donors (Lipinski definition) is 1. The van der Waals surface area contributed by atoms with Crippen molar-refractivity contribution in [3.8, 4) is 0 Å². The van der Waals surface area contributed by atoms with Gasteiger partial charge in [-0.2, -0.15) is 43.9 Å². The summed E-state index contributed by atoms with van der Waals surface area (Å²) in [6, 6.07) is 3.07. The van der Waals surface area contributed by atoms with Gasteiger partial charge in [0.15, 0.2) is 5.71 Å². The molecular formula is C11H6F10N2. The molecule has 2 N–H and O–H groups in total. The Kier molecular flexibility index (Phi) is 4.61. The average Bonchev–Trinajstić information content (AvgIpc) is 2.34. The van der Waals surface area contributed by atoms with Gasteiger partial charge in [-0.05, 0) is 24.3 Å². The lowest BCUT2D eigenvalue weighted by Crippen LogP contribution is -2.59. The number of nitrogens with two attached hydrogens (primary N) is 1. The van der Waals surface area contributed by atoms with Gasteiger partial charge in [0.1, 0.15) is 0 Å². The Morgan fingerprint density at radius 2 is 1.22 bits per heavy atom. The number of alkyl halides is 10. The lowest BCUT2D eigenvalue weighted by atomic mass is 10.1. The molecule has 0 saturated carbocycles. The number of benzene rings is 1. The molecule has 1 aromatic carbocycles. The Balaban J connectivity index is 3.51. The summed E-state index contributed by atoms with van der Waals surface area (Å²) in [6.45, 7) is 0. The highest BCUT2D eigenvalue weighted by Gasteiger charge is 2.78. The Labute approximate surface area is 121 Å². The van der Waals surface area contributed by atoms with Gasteiger partial charge in [0.25, 0.3) is 0 Å². The van der Waals surface area contributed by atoms with Crippen molar-refractivity contribution in [2.24, 2.45) is 4.99 Å². The van der Waals surface area contributed by atoms with E-state index in [9.17, 15) is 43.9 Å². The normalized spacial score (nSPS) is 15.0. The van der Waals surface area contributed by atoms with Crippen molar-refractivity contribution in [2.75, 3.05) is 5.73 Å². The third-order valence-corrected chi connectivity index (χ3v) is 2.45. The fourth-order valence-electron chi connectivity index (χ4n) is 1.32. The van der Waals surface area contributed by atoms with Crippen LogP contribution in [-0.4, -0.2) is 29.9 Å². The van der Waals surface area contributed by atoms with E-state index in [-0.39, 0.29) is 5.69 Å². The van der Waals surface area contributed by atoms with Crippen molar-refractivity contribution in [1.82, 2.24) is 0 Å². The molecule has 1 rings (SSSR count). The molecule has 0 heterocycles. The van der Waals surface area contributed by atoms with E-state index < -0.39 is 35.6 Å². The van der Waals surface area contributed by atoms with E-state index in [0.29, 0.717) is 12.1 Å². The first kappa shape index (κ1) is 19.0. The zero-order chi connectivity index (χ0) is 18.3. The summed E-state index contributed by atoms with van der Waals surface area (Å²) in [5, 5.41) is 0. The highest BCUT2D eigenvalue weighted by atomic mass is 19.4. The molecule has 1 aromatic rings. The highest BCUT2D eigenvalue weighted by Crippen LogP contribution is 2.49. The molecule has 12 heteroatoms. The van der Waals surface area contributed by atoms with Crippen LogP contribution in [0.15, 0.2) is 29.3 Å². The second-order valence-corrected chi connectivity index (χ2v) is 4.20. The Morgan fingerprint density at radius 1 is 0.783 bits per heavy atom. The highest BCUT2D eigenvalue weighted by molar-refractivity contribution is 5.98. The molecule has 23 heavy (non-hydrogen) atoms. The van der Waals surface area contributed by atoms with Crippen molar-refractivity contribution < 1.29 is 43.9 Å². The molecule has 0 radical (unpaired) electrons. The minimum absolute atomic E-state index is 0.0232.